The molecule has 0 radical (unpaired) electrons. The highest BCUT2D eigenvalue weighted by Gasteiger charge is 2.23. The number of nitrogens with zero attached hydrogens (tertiary/aromatic N) is 3. The second-order valence-electron chi connectivity index (χ2n) is 5.75. The molecular formula is C16H18N4O4. The molecule has 0 aliphatic carbocycles. The average molecular weight is 330 g/mol. The monoisotopic (exact) mass is 330 g/mol. The van der Waals surface area contributed by atoms with Crippen LogP contribution in [0.1, 0.15) is 6.92 Å². The van der Waals surface area contributed by atoms with Crippen molar-refractivity contribution in [3.05, 3.63) is 45.0 Å². The molecule has 8 heteroatoms. The van der Waals surface area contributed by atoms with E-state index in [0.717, 1.165) is 0 Å². The molecule has 126 valence electrons. The van der Waals surface area contributed by atoms with Crippen molar-refractivity contribution < 1.29 is 9.59 Å². The van der Waals surface area contributed by atoms with Crippen LogP contribution in [0.2, 0.25) is 0 Å². The Bertz CT molecular complexity index is 906. The van der Waals surface area contributed by atoms with Gasteiger partial charge in [-0.25, -0.2) is 0 Å². The minimum Gasteiger partial charge on any atom is -0.339 e. The first-order valence-electron chi connectivity index (χ1n) is 7.72. The van der Waals surface area contributed by atoms with Gasteiger partial charge in [0, 0.05) is 33.1 Å². The Balaban J connectivity index is 1.84. The van der Waals surface area contributed by atoms with E-state index in [2.05, 4.69) is 4.98 Å². The molecule has 2 heterocycles. The maximum Gasteiger partial charge on any atom is 0.317 e. The highest BCUT2D eigenvalue weighted by Crippen LogP contribution is 2.09. The Morgan fingerprint density at radius 1 is 1.04 bits per heavy atom. The maximum atomic E-state index is 12.5. The first kappa shape index (κ1) is 16.0. The largest absolute Gasteiger partial charge is 0.339 e. The Morgan fingerprint density at radius 2 is 1.67 bits per heavy atom. The van der Waals surface area contributed by atoms with Crippen molar-refractivity contribution in [1.29, 1.82) is 0 Å². The maximum absolute atomic E-state index is 12.5. The van der Waals surface area contributed by atoms with Gasteiger partial charge < -0.3 is 14.8 Å². The Morgan fingerprint density at radius 3 is 2.33 bits per heavy atom. The van der Waals surface area contributed by atoms with Gasteiger partial charge in [-0.1, -0.05) is 12.1 Å². The second-order valence-corrected chi connectivity index (χ2v) is 5.75. The van der Waals surface area contributed by atoms with Crippen LogP contribution in [0.4, 0.5) is 0 Å². The van der Waals surface area contributed by atoms with E-state index < -0.39 is 11.1 Å². The third kappa shape index (κ3) is 2.94. The van der Waals surface area contributed by atoms with Crippen molar-refractivity contribution in [1.82, 2.24) is 19.4 Å². The number of aromatic amines is 1. The number of amides is 2. The first-order chi connectivity index (χ1) is 11.5. The molecule has 1 fully saturated rings. The van der Waals surface area contributed by atoms with Crippen LogP contribution in [-0.2, 0) is 16.1 Å². The van der Waals surface area contributed by atoms with Gasteiger partial charge in [0.2, 0.25) is 11.8 Å². The molecule has 0 saturated carbocycles. The summed E-state index contributed by atoms with van der Waals surface area (Å²) in [4.78, 5) is 53.5. The lowest BCUT2D eigenvalue weighted by molar-refractivity contribution is -0.138. The number of rotatable bonds is 2. The van der Waals surface area contributed by atoms with Crippen molar-refractivity contribution in [2.45, 2.75) is 13.5 Å². The summed E-state index contributed by atoms with van der Waals surface area (Å²) in [6, 6.07) is 6.86. The molecule has 24 heavy (non-hydrogen) atoms. The predicted molar refractivity (Wildman–Crippen MR) is 87.7 cm³/mol. The van der Waals surface area contributed by atoms with Crippen LogP contribution in [0.25, 0.3) is 11.0 Å². The molecule has 1 aliphatic rings. The zero-order valence-corrected chi connectivity index (χ0v) is 13.3. The molecule has 3 rings (SSSR count). The number of fused-ring (bicyclic) bond motifs is 1. The number of aromatic nitrogens is 2. The molecule has 1 saturated heterocycles. The number of hydrogen-bond donors (Lipinski definition) is 1. The van der Waals surface area contributed by atoms with Crippen LogP contribution in [0, 0.1) is 0 Å². The molecular weight excluding hydrogens is 312 g/mol. The molecule has 8 nitrogen and oxygen atoms in total. The summed E-state index contributed by atoms with van der Waals surface area (Å²) in [6.45, 7) is 3.11. The van der Waals surface area contributed by atoms with Gasteiger partial charge >= 0.3 is 11.1 Å². The number of H-pyrrole nitrogens is 1. The van der Waals surface area contributed by atoms with E-state index in [-0.39, 0.29) is 18.4 Å². The van der Waals surface area contributed by atoms with Crippen molar-refractivity contribution in [3.8, 4) is 0 Å². The lowest BCUT2D eigenvalue weighted by Gasteiger charge is -2.34. The molecule has 0 spiro atoms. The smallest absolute Gasteiger partial charge is 0.317 e. The van der Waals surface area contributed by atoms with Gasteiger partial charge in [0.05, 0.1) is 11.0 Å². The molecule has 1 aromatic heterocycles. The standard InChI is InChI=1S/C16H18N4O4/c1-11(21)18-6-8-19(9-7-18)14(22)10-20-13-5-3-2-4-12(13)17-15(23)16(20)24/h2-5H,6-10H2,1H3,(H,17,23). The summed E-state index contributed by atoms with van der Waals surface area (Å²) in [5.41, 5.74) is -0.471. The van der Waals surface area contributed by atoms with E-state index in [1.54, 1.807) is 34.1 Å². The number of para-hydroxylation sites is 2. The summed E-state index contributed by atoms with van der Waals surface area (Å²) in [5, 5.41) is 0. The number of nitrogens with one attached hydrogen (secondary N) is 1. The molecule has 1 N–H and O–H groups in total. The fraction of sp³-hybridized carbons (Fsp3) is 0.375. The minimum atomic E-state index is -0.747. The number of carbonyl (C=O) groups is 2. The van der Waals surface area contributed by atoms with E-state index in [1.807, 2.05) is 0 Å². The molecule has 1 aliphatic heterocycles. The number of carbonyl (C=O) groups excluding carboxylic acids is 2. The first-order valence-corrected chi connectivity index (χ1v) is 7.72. The van der Waals surface area contributed by atoms with Gasteiger partial charge in [-0.15, -0.1) is 0 Å². The summed E-state index contributed by atoms with van der Waals surface area (Å²) in [7, 11) is 0. The topological polar surface area (TPSA) is 95.5 Å². The minimum absolute atomic E-state index is 0.0149. The van der Waals surface area contributed by atoms with E-state index >= 15 is 0 Å². The molecule has 0 unspecified atom stereocenters. The van der Waals surface area contributed by atoms with Gasteiger partial charge in [0.1, 0.15) is 6.54 Å². The van der Waals surface area contributed by atoms with Gasteiger partial charge in [-0.2, -0.15) is 0 Å². The third-order valence-electron chi connectivity index (χ3n) is 4.25. The van der Waals surface area contributed by atoms with Crippen LogP contribution in [0.3, 0.4) is 0 Å². The van der Waals surface area contributed by atoms with Crippen LogP contribution in [-0.4, -0.2) is 57.3 Å². The third-order valence-corrected chi connectivity index (χ3v) is 4.25. The molecule has 2 aromatic rings. The normalized spacial score (nSPS) is 14.9. The van der Waals surface area contributed by atoms with Crippen molar-refractivity contribution in [2.75, 3.05) is 26.2 Å². The van der Waals surface area contributed by atoms with Crippen LogP contribution in [0.5, 0.6) is 0 Å². The van der Waals surface area contributed by atoms with Gasteiger partial charge in [0.15, 0.2) is 0 Å². The van der Waals surface area contributed by atoms with Gasteiger partial charge in [0.25, 0.3) is 0 Å². The highest BCUT2D eigenvalue weighted by atomic mass is 16.2. The lowest BCUT2D eigenvalue weighted by Crippen LogP contribution is -2.51. The highest BCUT2D eigenvalue weighted by molar-refractivity contribution is 5.80. The summed E-state index contributed by atoms with van der Waals surface area (Å²) >= 11 is 0. The molecule has 2 amide bonds. The zero-order valence-electron chi connectivity index (χ0n) is 13.3. The quantitative estimate of drug-likeness (QED) is 0.743. The molecule has 1 aromatic carbocycles. The molecule has 0 atom stereocenters. The second kappa shape index (κ2) is 6.31. The number of piperazine rings is 1. The van der Waals surface area contributed by atoms with Crippen molar-refractivity contribution >= 4 is 22.8 Å². The lowest BCUT2D eigenvalue weighted by atomic mass is 10.2. The van der Waals surface area contributed by atoms with E-state index in [0.29, 0.717) is 37.2 Å². The average Bonchev–Trinajstić information content (AvgIpc) is 2.58. The Kier molecular flexibility index (Phi) is 4.20. The Hall–Kier alpha value is -2.90. The predicted octanol–water partition coefficient (Wildman–Crippen LogP) is -0.619. The van der Waals surface area contributed by atoms with Crippen LogP contribution < -0.4 is 11.1 Å². The summed E-state index contributed by atoms with van der Waals surface area (Å²) < 4.78 is 1.20. The summed E-state index contributed by atoms with van der Waals surface area (Å²) in [6.07, 6.45) is 0. The van der Waals surface area contributed by atoms with Gasteiger partial charge in [-0.05, 0) is 12.1 Å². The van der Waals surface area contributed by atoms with Gasteiger partial charge in [-0.3, -0.25) is 23.7 Å². The van der Waals surface area contributed by atoms with E-state index in [4.69, 9.17) is 0 Å². The van der Waals surface area contributed by atoms with Crippen molar-refractivity contribution in [3.63, 3.8) is 0 Å². The Labute approximate surface area is 137 Å². The molecule has 0 bridgehead atoms. The fourth-order valence-corrected chi connectivity index (χ4v) is 2.89. The number of benzene rings is 1. The summed E-state index contributed by atoms with van der Waals surface area (Å²) in [5.74, 6) is -0.255. The zero-order chi connectivity index (χ0) is 17.3. The van der Waals surface area contributed by atoms with Crippen LogP contribution in [0.15, 0.2) is 33.9 Å². The SMILES string of the molecule is CC(=O)N1CCN(C(=O)Cn2c(=O)c(=O)[nH]c3ccccc32)CC1. The number of hydrogen-bond acceptors (Lipinski definition) is 4. The van der Waals surface area contributed by atoms with Crippen LogP contribution >= 0.6 is 0 Å². The van der Waals surface area contributed by atoms with E-state index in [9.17, 15) is 19.2 Å². The van der Waals surface area contributed by atoms with Crippen molar-refractivity contribution in [2.24, 2.45) is 0 Å². The fourth-order valence-electron chi connectivity index (χ4n) is 2.89. The van der Waals surface area contributed by atoms with E-state index in [1.165, 1.54) is 11.5 Å².